The van der Waals surface area contributed by atoms with Crippen LogP contribution < -0.4 is 5.73 Å². The van der Waals surface area contributed by atoms with Crippen LogP contribution in [0.1, 0.15) is 12.8 Å². The lowest BCUT2D eigenvalue weighted by Gasteiger charge is -2.36. The van der Waals surface area contributed by atoms with Gasteiger partial charge in [-0.05, 0) is 0 Å². The van der Waals surface area contributed by atoms with Gasteiger partial charge in [-0.15, -0.1) is 0 Å². The first kappa shape index (κ1) is 11.9. The van der Waals surface area contributed by atoms with E-state index >= 15 is 0 Å². The zero-order valence-electron chi connectivity index (χ0n) is 8.32. The van der Waals surface area contributed by atoms with Crippen LogP contribution in [0.15, 0.2) is 0 Å². The molecule has 0 aromatic carbocycles. The standard InChI is InChI=1S/C9H19NO4/c10-7-9(1-3-13-4-2-9)14-6-8(12)5-11/h8,11-12H,1-7,10H2. The van der Waals surface area contributed by atoms with Gasteiger partial charge in [0.2, 0.25) is 0 Å². The lowest BCUT2D eigenvalue weighted by atomic mass is 9.94. The van der Waals surface area contributed by atoms with Crippen LogP contribution in [0.25, 0.3) is 0 Å². The van der Waals surface area contributed by atoms with Crippen molar-refractivity contribution >= 4 is 0 Å². The molecule has 1 heterocycles. The van der Waals surface area contributed by atoms with Crippen LogP contribution in [-0.4, -0.2) is 54.9 Å². The maximum Gasteiger partial charge on any atom is 0.100 e. The topological polar surface area (TPSA) is 84.9 Å². The summed E-state index contributed by atoms with van der Waals surface area (Å²) in [4.78, 5) is 0. The van der Waals surface area contributed by atoms with Gasteiger partial charge in [0.15, 0.2) is 0 Å². The zero-order chi connectivity index (χ0) is 10.4. The van der Waals surface area contributed by atoms with Crippen molar-refractivity contribution in [3.63, 3.8) is 0 Å². The Morgan fingerprint density at radius 3 is 2.57 bits per heavy atom. The van der Waals surface area contributed by atoms with E-state index in [-0.39, 0.29) is 18.8 Å². The zero-order valence-corrected chi connectivity index (χ0v) is 8.32. The molecule has 0 spiro atoms. The van der Waals surface area contributed by atoms with Gasteiger partial charge in [0.25, 0.3) is 0 Å². The van der Waals surface area contributed by atoms with Crippen molar-refractivity contribution in [1.82, 2.24) is 0 Å². The number of nitrogens with two attached hydrogens (primary N) is 1. The van der Waals surface area contributed by atoms with Gasteiger partial charge in [0, 0.05) is 32.6 Å². The molecular weight excluding hydrogens is 186 g/mol. The maximum absolute atomic E-state index is 9.15. The number of hydrogen-bond donors (Lipinski definition) is 3. The molecule has 5 heteroatoms. The van der Waals surface area contributed by atoms with Crippen molar-refractivity contribution in [3.05, 3.63) is 0 Å². The van der Waals surface area contributed by atoms with Crippen molar-refractivity contribution in [3.8, 4) is 0 Å². The highest BCUT2D eigenvalue weighted by molar-refractivity contribution is 4.84. The fraction of sp³-hybridized carbons (Fsp3) is 1.00. The average Bonchev–Trinajstić information content (AvgIpc) is 2.27. The summed E-state index contributed by atoms with van der Waals surface area (Å²) in [6, 6.07) is 0. The number of aliphatic hydroxyl groups excluding tert-OH is 2. The molecule has 1 atom stereocenters. The summed E-state index contributed by atoms with van der Waals surface area (Å²) in [5.74, 6) is 0. The number of rotatable bonds is 5. The summed E-state index contributed by atoms with van der Waals surface area (Å²) in [5, 5.41) is 17.8. The highest BCUT2D eigenvalue weighted by Gasteiger charge is 2.32. The predicted molar refractivity (Wildman–Crippen MR) is 50.9 cm³/mol. The predicted octanol–water partition coefficient (Wildman–Crippen LogP) is -1.14. The minimum absolute atomic E-state index is 0.133. The highest BCUT2D eigenvalue weighted by atomic mass is 16.5. The Morgan fingerprint density at radius 2 is 2.07 bits per heavy atom. The monoisotopic (exact) mass is 205 g/mol. The van der Waals surface area contributed by atoms with Gasteiger partial charge in [-0.2, -0.15) is 0 Å². The Morgan fingerprint density at radius 1 is 1.43 bits per heavy atom. The van der Waals surface area contributed by atoms with Gasteiger partial charge in [-0.25, -0.2) is 0 Å². The molecule has 1 aliphatic rings. The number of ether oxygens (including phenoxy) is 2. The van der Waals surface area contributed by atoms with Crippen LogP contribution in [0.3, 0.4) is 0 Å². The van der Waals surface area contributed by atoms with E-state index < -0.39 is 6.10 Å². The fourth-order valence-corrected chi connectivity index (χ4v) is 1.48. The van der Waals surface area contributed by atoms with E-state index in [1.165, 1.54) is 0 Å². The van der Waals surface area contributed by atoms with E-state index in [0.29, 0.717) is 19.8 Å². The normalized spacial score (nSPS) is 23.4. The van der Waals surface area contributed by atoms with Crippen molar-refractivity contribution < 1.29 is 19.7 Å². The van der Waals surface area contributed by atoms with Crippen LogP contribution >= 0.6 is 0 Å². The second-order valence-corrected chi connectivity index (χ2v) is 3.65. The highest BCUT2D eigenvalue weighted by Crippen LogP contribution is 2.23. The second kappa shape index (κ2) is 5.63. The van der Waals surface area contributed by atoms with Crippen LogP contribution in [0, 0.1) is 0 Å². The lowest BCUT2D eigenvalue weighted by Crippen LogP contribution is -2.47. The van der Waals surface area contributed by atoms with Crippen LogP contribution in [0.5, 0.6) is 0 Å². The molecule has 1 aliphatic heterocycles. The van der Waals surface area contributed by atoms with Crippen LogP contribution in [0.2, 0.25) is 0 Å². The maximum atomic E-state index is 9.15. The molecule has 1 fully saturated rings. The quantitative estimate of drug-likeness (QED) is 0.528. The third-order valence-electron chi connectivity index (χ3n) is 2.57. The van der Waals surface area contributed by atoms with Gasteiger partial charge in [0.05, 0.1) is 18.8 Å². The van der Waals surface area contributed by atoms with E-state index in [1.54, 1.807) is 0 Å². The van der Waals surface area contributed by atoms with Crippen molar-refractivity contribution in [1.29, 1.82) is 0 Å². The Hall–Kier alpha value is -0.200. The molecule has 14 heavy (non-hydrogen) atoms. The Labute approximate surface area is 83.8 Å². The summed E-state index contributed by atoms with van der Waals surface area (Å²) in [7, 11) is 0. The largest absolute Gasteiger partial charge is 0.394 e. The van der Waals surface area contributed by atoms with E-state index in [4.69, 9.17) is 25.4 Å². The van der Waals surface area contributed by atoms with Gasteiger partial charge >= 0.3 is 0 Å². The second-order valence-electron chi connectivity index (χ2n) is 3.65. The average molecular weight is 205 g/mol. The first-order chi connectivity index (χ1) is 6.72. The molecule has 0 aromatic heterocycles. The SMILES string of the molecule is NCC1(OCC(O)CO)CCOCC1. The molecular formula is C9H19NO4. The molecule has 0 aromatic rings. The van der Waals surface area contributed by atoms with E-state index in [1.807, 2.05) is 0 Å². The molecule has 1 unspecified atom stereocenters. The Bertz CT molecular complexity index is 159. The van der Waals surface area contributed by atoms with Gasteiger partial charge < -0.3 is 25.4 Å². The van der Waals surface area contributed by atoms with E-state index in [9.17, 15) is 0 Å². The van der Waals surface area contributed by atoms with E-state index in [2.05, 4.69) is 0 Å². The molecule has 0 saturated carbocycles. The fourth-order valence-electron chi connectivity index (χ4n) is 1.48. The van der Waals surface area contributed by atoms with Crippen LogP contribution in [-0.2, 0) is 9.47 Å². The molecule has 84 valence electrons. The summed E-state index contributed by atoms with van der Waals surface area (Å²) < 4.78 is 10.8. The molecule has 0 amide bonds. The van der Waals surface area contributed by atoms with Gasteiger partial charge in [-0.1, -0.05) is 0 Å². The smallest absolute Gasteiger partial charge is 0.100 e. The molecule has 0 aliphatic carbocycles. The number of aliphatic hydroxyl groups is 2. The summed E-state index contributed by atoms with van der Waals surface area (Å²) in [5.41, 5.74) is 5.27. The molecule has 1 saturated heterocycles. The van der Waals surface area contributed by atoms with Crippen molar-refractivity contribution in [2.45, 2.75) is 24.5 Å². The minimum Gasteiger partial charge on any atom is -0.394 e. The third kappa shape index (κ3) is 3.18. The minimum atomic E-state index is -0.818. The molecule has 0 radical (unpaired) electrons. The Balaban J connectivity index is 2.36. The first-order valence-electron chi connectivity index (χ1n) is 4.93. The van der Waals surface area contributed by atoms with Crippen LogP contribution in [0.4, 0.5) is 0 Å². The summed E-state index contributed by atoms with van der Waals surface area (Å²) >= 11 is 0. The molecule has 1 rings (SSSR count). The Kier molecular flexibility index (Phi) is 4.77. The number of hydrogen-bond acceptors (Lipinski definition) is 5. The summed E-state index contributed by atoms with van der Waals surface area (Å²) in [6.07, 6.45) is 0.685. The molecule has 5 nitrogen and oxygen atoms in total. The van der Waals surface area contributed by atoms with Crippen molar-refractivity contribution in [2.24, 2.45) is 5.73 Å². The van der Waals surface area contributed by atoms with Gasteiger partial charge in [0.1, 0.15) is 6.10 Å². The third-order valence-corrected chi connectivity index (χ3v) is 2.57. The molecule has 4 N–H and O–H groups in total. The molecule has 0 bridgehead atoms. The first-order valence-corrected chi connectivity index (χ1v) is 4.93. The van der Waals surface area contributed by atoms with Gasteiger partial charge in [-0.3, -0.25) is 0 Å². The summed E-state index contributed by atoms with van der Waals surface area (Å²) in [6.45, 7) is 1.57. The van der Waals surface area contributed by atoms with Crippen molar-refractivity contribution in [2.75, 3.05) is 33.0 Å². The lowest BCUT2D eigenvalue weighted by molar-refractivity contribution is -0.128. The van der Waals surface area contributed by atoms with E-state index in [0.717, 1.165) is 12.8 Å².